The number of carbonyl (C=O) groups is 1. The van der Waals surface area contributed by atoms with E-state index in [2.05, 4.69) is 32.9 Å². The first kappa shape index (κ1) is 37.2. The van der Waals surface area contributed by atoms with Gasteiger partial charge in [-0.3, -0.25) is 4.79 Å². The lowest BCUT2D eigenvalue weighted by molar-refractivity contribution is -0.143. The monoisotopic (exact) mass is 535 g/mol. The molecule has 0 heterocycles. The Morgan fingerprint density at radius 3 is 1.39 bits per heavy atom. The van der Waals surface area contributed by atoms with Gasteiger partial charge < -0.3 is 4.74 Å². The van der Waals surface area contributed by atoms with Crippen LogP contribution in [0, 0.1) is 5.92 Å². The Kier molecular flexibility index (Phi) is 31.7. The van der Waals surface area contributed by atoms with Crippen molar-refractivity contribution in [2.45, 2.75) is 201 Å². The second-order valence-electron chi connectivity index (χ2n) is 12.3. The van der Waals surface area contributed by atoms with E-state index in [9.17, 15) is 4.79 Å². The lowest BCUT2D eigenvalue weighted by Gasteiger charge is -2.06. The number of carbonyl (C=O) groups excluding carboxylic acids is 1. The molecule has 0 bridgehead atoms. The summed E-state index contributed by atoms with van der Waals surface area (Å²) in [6, 6.07) is 0. The van der Waals surface area contributed by atoms with Crippen molar-refractivity contribution >= 4 is 5.97 Å². The van der Waals surface area contributed by atoms with Gasteiger partial charge in [-0.05, 0) is 44.4 Å². The quantitative estimate of drug-likeness (QED) is 0.0502. The minimum absolute atomic E-state index is 0.0162. The number of allylic oxidation sites excluding steroid dienone is 2. The Morgan fingerprint density at radius 1 is 0.526 bits per heavy atom. The standard InChI is InChI=1S/C36H70O2/c1-4-5-6-7-8-9-10-11-12-15-18-21-24-27-30-33-36(37)38-34-31-28-25-22-19-16-13-14-17-20-23-26-29-32-35(2)3/h11-12,35H,4-10,13-34H2,1-3H3/b12-11+. The summed E-state index contributed by atoms with van der Waals surface area (Å²) in [4.78, 5) is 11.9. The number of hydrogen-bond acceptors (Lipinski definition) is 2. The third-order valence-electron chi connectivity index (χ3n) is 7.83. The summed E-state index contributed by atoms with van der Waals surface area (Å²) in [5.74, 6) is 0.888. The van der Waals surface area contributed by atoms with E-state index in [-0.39, 0.29) is 5.97 Å². The molecule has 0 aromatic carbocycles. The largest absolute Gasteiger partial charge is 0.466 e. The van der Waals surface area contributed by atoms with Gasteiger partial charge in [-0.1, -0.05) is 168 Å². The Hall–Kier alpha value is -0.790. The fourth-order valence-electron chi connectivity index (χ4n) is 5.20. The Balaban J connectivity index is 3.19. The van der Waals surface area contributed by atoms with Crippen molar-refractivity contribution < 1.29 is 9.53 Å². The van der Waals surface area contributed by atoms with Gasteiger partial charge >= 0.3 is 5.97 Å². The van der Waals surface area contributed by atoms with E-state index in [4.69, 9.17) is 4.74 Å². The molecule has 2 nitrogen and oxygen atoms in total. The number of rotatable bonds is 31. The highest BCUT2D eigenvalue weighted by molar-refractivity contribution is 5.69. The first-order valence-corrected chi connectivity index (χ1v) is 17.5. The van der Waals surface area contributed by atoms with E-state index in [0.717, 1.165) is 25.2 Å². The van der Waals surface area contributed by atoms with E-state index in [1.807, 2.05) is 0 Å². The van der Waals surface area contributed by atoms with Crippen LogP contribution in [-0.4, -0.2) is 12.6 Å². The maximum atomic E-state index is 11.9. The summed E-state index contributed by atoms with van der Waals surface area (Å²) in [6.45, 7) is 7.56. The van der Waals surface area contributed by atoms with Crippen LogP contribution in [0.2, 0.25) is 0 Å². The molecule has 0 spiro atoms. The van der Waals surface area contributed by atoms with Crippen molar-refractivity contribution in [1.29, 1.82) is 0 Å². The van der Waals surface area contributed by atoms with Crippen LogP contribution in [0.15, 0.2) is 12.2 Å². The molecular weight excluding hydrogens is 464 g/mol. The molecule has 38 heavy (non-hydrogen) atoms. The van der Waals surface area contributed by atoms with Crippen LogP contribution in [0.4, 0.5) is 0 Å². The first-order valence-electron chi connectivity index (χ1n) is 17.5. The zero-order valence-corrected chi connectivity index (χ0v) is 26.6. The molecule has 0 unspecified atom stereocenters. The zero-order valence-electron chi connectivity index (χ0n) is 26.6. The van der Waals surface area contributed by atoms with Crippen LogP contribution in [0.1, 0.15) is 201 Å². The minimum atomic E-state index is 0.0162. The minimum Gasteiger partial charge on any atom is -0.466 e. The highest BCUT2D eigenvalue weighted by Gasteiger charge is 2.02. The summed E-state index contributed by atoms with van der Waals surface area (Å²) in [6.07, 6.45) is 41.2. The topological polar surface area (TPSA) is 26.3 Å². The number of hydrogen-bond donors (Lipinski definition) is 0. The maximum absolute atomic E-state index is 11.9. The molecule has 0 aliphatic heterocycles. The molecule has 0 aromatic rings. The number of esters is 1. The molecular formula is C36H70O2. The second kappa shape index (κ2) is 32.4. The second-order valence-corrected chi connectivity index (χ2v) is 12.3. The van der Waals surface area contributed by atoms with E-state index in [0.29, 0.717) is 13.0 Å². The van der Waals surface area contributed by atoms with Crippen molar-refractivity contribution in [3.05, 3.63) is 12.2 Å². The van der Waals surface area contributed by atoms with E-state index in [1.165, 1.54) is 154 Å². The molecule has 0 fully saturated rings. The fraction of sp³-hybridized carbons (Fsp3) is 0.917. The van der Waals surface area contributed by atoms with Crippen LogP contribution >= 0.6 is 0 Å². The highest BCUT2D eigenvalue weighted by atomic mass is 16.5. The number of ether oxygens (including phenoxy) is 1. The van der Waals surface area contributed by atoms with Gasteiger partial charge in [0, 0.05) is 6.42 Å². The Morgan fingerprint density at radius 2 is 0.921 bits per heavy atom. The van der Waals surface area contributed by atoms with Gasteiger partial charge in [-0.25, -0.2) is 0 Å². The van der Waals surface area contributed by atoms with E-state index >= 15 is 0 Å². The molecule has 0 saturated heterocycles. The number of unbranched alkanes of at least 4 members (excludes halogenated alkanes) is 23. The first-order chi connectivity index (χ1) is 18.7. The van der Waals surface area contributed by atoms with Gasteiger partial charge in [0.05, 0.1) is 6.61 Å². The van der Waals surface area contributed by atoms with Crippen molar-refractivity contribution in [3.8, 4) is 0 Å². The molecule has 226 valence electrons. The average molecular weight is 535 g/mol. The van der Waals surface area contributed by atoms with Crippen molar-refractivity contribution in [1.82, 2.24) is 0 Å². The molecule has 2 heteroatoms. The lowest BCUT2D eigenvalue weighted by atomic mass is 10.0. The summed E-state index contributed by atoms with van der Waals surface area (Å²) >= 11 is 0. The van der Waals surface area contributed by atoms with Crippen molar-refractivity contribution in [2.24, 2.45) is 5.92 Å². The third-order valence-corrected chi connectivity index (χ3v) is 7.83. The Bertz CT molecular complexity index is 482. The third kappa shape index (κ3) is 33.2. The molecule has 0 amide bonds. The molecule has 0 aliphatic rings. The van der Waals surface area contributed by atoms with Crippen LogP contribution in [0.3, 0.4) is 0 Å². The predicted molar refractivity (Wildman–Crippen MR) is 170 cm³/mol. The average Bonchev–Trinajstić information content (AvgIpc) is 2.90. The summed E-state index contributed by atoms with van der Waals surface area (Å²) in [7, 11) is 0. The predicted octanol–water partition coefficient (Wildman–Crippen LogP) is 12.7. The summed E-state index contributed by atoms with van der Waals surface area (Å²) < 4.78 is 5.43. The fourth-order valence-corrected chi connectivity index (χ4v) is 5.20. The van der Waals surface area contributed by atoms with Crippen LogP contribution in [0.25, 0.3) is 0 Å². The summed E-state index contributed by atoms with van der Waals surface area (Å²) in [5.41, 5.74) is 0. The summed E-state index contributed by atoms with van der Waals surface area (Å²) in [5, 5.41) is 0. The van der Waals surface area contributed by atoms with Crippen molar-refractivity contribution in [2.75, 3.05) is 6.61 Å². The van der Waals surface area contributed by atoms with Crippen LogP contribution in [0.5, 0.6) is 0 Å². The van der Waals surface area contributed by atoms with Gasteiger partial charge in [0.25, 0.3) is 0 Å². The van der Waals surface area contributed by atoms with Gasteiger partial charge in [0.15, 0.2) is 0 Å². The van der Waals surface area contributed by atoms with E-state index in [1.54, 1.807) is 0 Å². The lowest BCUT2D eigenvalue weighted by Crippen LogP contribution is -2.05. The van der Waals surface area contributed by atoms with Crippen molar-refractivity contribution in [3.63, 3.8) is 0 Å². The SMILES string of the molecule is CCCCCCCC/C=C/CCCCCCCC(=O)OCCCCCCCCCCCCCCCC(C)C. The van der Waals surface area contributed by atoms with Gasteiger partial charge in [0.2, 0.25) is 0 Å². The molecule has 0 N–H and O–H groups in total. The molecule has 0 radical (unpaired) electrons. The zero-order chi connectivity index (χ0) is 27.8. The maximum Gasteiger partial charge on any atom is 0.305 e. The molecule has 0 aliphatic carbocycles. The van der Waals surface area contributed by atoms with Gasteiger partial charge in [-0.2, -0.15) is 0 Å². The molecule has 0 atom stereocenters. The van der Waals surface area contributed by atoms with Gasteiger partial charge in [0.1, 0.15) is 0 Å². The highest BCUT2D eigenvalue weighted by Crippen LogP contribution is 2.15. The van der Waals surface area contributed by atoms with Crippen LogP contribution in [-0.2, 0) is 9.53 Å². The van der Waals surface area contributed by atoms with Gasteiger partial charge in [-0.15, -0.1) is 0 Å². The molecule has 0 rings (SSSR count). The normalized spacial score (nSPS) is 11.7. The van der Waals surface area contributed by atoms with E-state index < -0.39 is 0 Å². The smallest absolute Gasteiger partial charge is 0.305 e. The molecule has 0 saturated carbocycles. The molecule has 0 aromatic heterocycles. The Labute approximate surface area is 240 Å². The van der Waals surface area contributed by atoms with Crippen LogP contribution < -0.4 is 0 Å².